The quantitative estimate of drug-likeness (QED) is 0.589. The standard InChI is InChI=1S/C22H23ClFN5O4/c1-4-25-20(31)16-17-15(19(30)18-22(33)27(5-2)9-11(3)29(17)18)21(32)28(26-16)10-12-6-7-14(24)13(23)8-12/h6-8,11,30H,4-5,9-10H2,1-3H3,(H,25,31)/t11-/m0/s1. The molecule has 2 aromatic heterocycles. The Bertz CT molecular complexity index is 1350. The van der Waals surface area contributed by atoms with Gasteiger partial charge in [-0.25, -0.2) is 9.07 Å². The zero-order valence-corrected chi connectivity index (χ0v) is 19.1. The summed E-state index contributed by atoms with van der Waals surface area (Å²) in [5.74, 6) is -2.07. The number of rotatable bonds is 5. The van der Waals surface area contributed by atoms with Crippen molar-refractivity contribution in [2.75, 3.05) is 19.6 Å². The molecule has 3 aromatic rings. The molecule has 4 rings (SSSR count). The van der Waals surface area contributed by atoms with Crippen LogP contribution in [0.1, 0.15) is 53.4 Å². The molecule has 0 bridgehead atoms. The second kappa shape index (κ2) is 8.51. The number of likely N-dealkylation sites (N-methyl/N-ethyl adjacent to an activating group) is 1. The molecule has 0 unspecified atom stereocenters. The van der Waals surface area contributed by atoms with Crippen molar-refractivity contribution in [3.63, 3.8) is 0 Å². The molecule has 3 heterocycles. The largest absolute Gasteiger partial charge is 0.505 e. The van der Waals surface area contributed by atoms with Gasteiger partial charge in [-0.05, 0) is 38.5 Å². The fourth-order valence-corrected chi connectivity index (χ4v) is 4.42. The Hall–Kier alpha value is -3.40. The molecule has 0 saturated carbocycles. The molecular weight excluding hydrogens is 453 g/mol. The maximum Gasteiger partial charge on any atom is 0.280 e. The van der Waals surface area contributed by atoms with Gasteiger partial charge in [0.25, 0.3) is 17.4 Å². The molecule has 1 aliphatic heterocycles. The third-order valence-electron chi connectivity index (χ3n) is 5.74. The van der Waals surface area contributed by atoms with Crippen LogP contribution in [0, 0.1) is 5.82 Å². The molecule has 174 valence electrons. The number of nitrogens with zero attached hydrogens (tertiary/aromatic N) is 4. The number of nitrogens with one attached hydrogen (secondary N) is 1. The molecule has 2 N–H and O–H groups in total. The number of hydrogen-bond acceptors (Lipinski definition) is 5. The van der Waals surface area contributed by atoms with Gasteiger partial charge < -0.3 is 19.9 Å². The van der Waals surface area contributed by atoms with E-state index in [1.54, 1.807) is 11.8 Å². The Labute approximate surface area is 193 Å². The second-order valence-corrected chi connectivity index (χ2v) is 8.31. The lowest BCUT2D eigenvalue weighted by molar-refractivity contribution is 0.0685. The van der Waals surface area contributed by atoms with E-state index in [2.05, 4.69) is 10.4 Å². The molecule has 0 fully saturated rings. The molecule has 1 atom stereocenters. The van der Waals surface area contributed by atoms with Gasteiger partial charge in [-0.15, -0.1) is 0 Å². The smallest absolute Gasteiger partial charge is 0.280 e. The topological polar surface area (TPSA) is 109 Å². The van der Waals surface area contributed by atoms with Crippen LogP contribution >= 0.6 is 11.6 Å². The number of aromatic nitrogens is 3. The molecule has 9 nitrogen and oxygen atoms in total. The van der Waals surface area contributed by atoms with E-state index in [0.717, 1.165) is 4.68 Å². The fourth-order valence-electron chi connectivity index (χ4n) is 4.22. The number of benzene rings is 1. The van der Waals surface area contributed by atoms with E-state index in [4.69, 9.17) is 11.6 Å². The van der Waals surface area contributed by atoms with Crippen molar-refractivity contribution in [3.05, 3.63) is 56.3 Å². The van der Waals surface area contributed by atoms with Crippen molar-refractivity contribution in [1.82, 2.24) is 24.6 Å². The number of halogens is 2. The lowest BCUT2D eigenvalue weighted by Gasteiger charge is -2.32. The molecule has 1 aliphatic rings. The Morgan fingerprint density at radius 3 is 2.70 bits per heavy atom. The first-order valence-electron chi connectivity index (χ1n) is 10.6. The number of aromatic hydroxyl groups is 1. The highest BCUT2D eigenvalue weighted by atomic mass is 35.5. The van der Waals surface area contributed by atoms with Crippen LogP contribution in [0.25, 0.3) is 10.9 Å². The van der Waals surface area contributed by atoms with E-state index >= 15 is 0 Å². The van der Waals surface area contributed by atoms with Crippen molar-refractivity contribution >= 4 is 34.3 Å². The summed E-state index contributed by atoms with van der Waals surface area (Å²) >= 11 is 5.86. The molecule has 2 amide bonds. The van der Waals surface area contributed by atoms with Crippen LogP contribution in [0.15, 0.2) is 23.0 Å². The van der Waals surface area contributed by atoms with Crippen molar-refractivity contribution in [1.29, 1.82) is 0 Å². The zero-order valence-electron chi connectivity index (χ0n) is 18.4. The molecule has 33 heavy (non-hydrogen) atoms. The minimum atomic E-state index is -0.680. The van der Waals surface area contributed by atoms with Gasteiger partial charge in [0.15, 0.2) is 17.1 Å². The molecule has 11 heteroatoms. The van der Waals surface area contributed by atoms with E-state index in [1.807, 2.05) is 13.8 Å². The van der Waals surface area contributed by atoms with Gasteiger partial charge in [-0.1, -0.05) is 17.7 Å². The van der Waals surface area contributed by atoms with Crippen LogP contribution < -0.4 is 10.9 Å². The molecule has 0 saturated heterocycles. The van der Waals surface area contributed by atoms with Gasteiger partial charge in [0.1, 0.15) is 11.2 Å². The summed E-state index contributed by atoms with van der Waals surface area (Å²) in [6.07, 6.45) is 0. The molecule has 1 aromatic carbocycles. The number of carbonyl (C=O) groups is 2. The molecule has 0 spiro atoms. The highest BCUT2D eigenvalue weighted by molar-refractivity contribution is 6.30. The highest BCUT2D eigenvalue weighted by Gasteiger charge is 2.37. The normalized spacial score (nSPS) is 15.7. The van der Waals surface area contributed by atoms with Gasteiger partial charge >= 0.3 is 0 Å². The lowest BCUT2D eigenvalue weighted by atomic mass is 10.2. The van der Waals surface area contributed by atoms with Crippen LogP contribution in [0.4, 0.5) is 4.39 Å². The van der Waals surface area contributed by atoms with E-state index in [-0.39, 0.29) is 39.9 Å². The van der Waals surface area contributed by atoms with Crippen molar-refractivity contribution in [3.8, 4) is 5.75 Å². The summed E-state index contributed by atoms with van der Waals surface area (Å²) in [5, 5.41) is 17.7. The summed E-state index contributed by atoms with van der Waals surface area (Å²) in [7, 11) is 0. The predicted molar refractivity (Wildman–Crippen MR) is 120 cm³/mol. The minimum absolute atomic E-state index is 0.0439. The third-order valence-corrected chi connectivity index (χ3v) is 6.03. The summed E-state index contributed by atoms with van der Waals surface area (Å²) in [4.78, 5) is 40.9. The SMILES string of the molecule is CCNC(=O)c1nn(Cc2ccc(F)c(Cl)c2)c(=O)c2c(O)c3n(c12)[C@@H](C)CN(CC)C3=O. The van der Waals surface area contributed by atoms with Crippen molar-refractivity contribution in [2.24, 2.45) is 0 Å². The van der Waals surface area contributed by atoms with Crippen molar-refractivity contribution in [2.45, 2.75) is 33.4 Å². The molecule has 0 aliphatic carbocycles. The maximum absolute atomic E-state index is 13.6. The van der Waals surface area contributed by atoms with E-state index in [0.29, 0.717) is 25.2 Å². The van der Waals surface area contributed by atoms with Gasteiger partial charge in [0.05, 0.1) is 17.1 Å². The number of fused-ring (bicyclic) bond motifs is 3. The fraction of sp³-hybridized carbons (Fsp3) is 0.364. The minimum Gasteiger partial charge on any atom is -0.505 e. The second-order valence-electron chi connectivity index (χ2n) is 7.90. The Balaban J connectivity index is 2.01. The third kappa shape index (κ3) is 3.64. The predicted octanol–water partition coefficient (Wildman–Crippen LogP) is 2.53. The van der Waals surface area contributed by atoms with Gasteiger partial charge in [0.2, 0.25) is 0 Å². The average Bonchev–Trinajstić information content (AvgIpc) is 3.09. The number of carbonyl (C=O) groups excluding carboxylic acids is 2. The first kappa shape index (κ1) is 22.8. The first-order valence-corrected chi connectivity index (χ1v) is 11.0. The monoisotopic (exact) mass is 475 g/mol. The first-order chi connectivity index (χ1) is 15.7. The summed E-state index contributed by atoms with van der Waals surface area (Å²) < 4.78 is 16.1. The molecule has 0 radical (unpaired) electrons. The van der Waals surface area contributed by atoms with Crippen LogP contribution in [0.3, 0.4) is 0 Å². The highest BCUT2D eigenvalue weighted by Crippen LogP contribution is 2.37. The van der Waals surface area contributed by atoms with Gasteiger partial charge in [-0.2, -0.15) is 5.10 Å². The lowest BCUT2D eigenvalue weighted by Crippen LogP contribution is -2.42. The Morgan fingerprint density at radius 1 is 1.33 bits per heavy atom. The number of hydrogen-bond donors (Lipinski definition) is 2. The summed E-state index contributed by atoms with van der Waals surface area (Å²) in [6, 6.07) is 3.67. The van der Waals surface area contributed by atoms with E-state index in [1.165, 1.54) is 22.8 Å². The van der Waals surface area contributed by atoms with E-state index < -0.39 is 28.9 Å². The average molecular weight is 476 g/mol. The van der Waals surface area contributed by atoms with Gasteiger partial charge in [-0.3, -0.25) is 14.4 Å². The summed E-state index contributed by atoms with van der Waals surface area (Å²) in [6.45, 7) is 6.38. The Kier molecular flexibility index (Phi) is 5.87. The van der Waals surface area contributed by atoms with Crippen molar-refractivity contribution < 1.29 is 19.1 Å². The Morgan fingerprint density at radius 2 is 2.06 bits per heavy atom. The van der Waals surface area contributed by atoms with Crippen LogP contribution in [-0.4, -0.2) is 55.8 Å². The van der Waals surface area contributed by atoms with E-state index in [9.17, 15) is 23.9 Å². The zero-order chi connectivity index (χ0) is 24.0. The number of amides is 2. The maximum atomic E-state index is 13.6. The van der Waals surface area contributed by atoms with Crippen LogP contribution in [0.5, 0.6) is 5.75 Å². The van der Waals surface area contributed by atoms with Crippen LogP contribution in [0.2, 0.25) is 5.02 Å². The van der Waals surface area contributed by atoms with Crippen LogP contribution in [-0.2, 0) is 6.54 Å². The van der Waals surface area contributed by atoms with Gasteiger partial charge in [0, 0.05) is 25.7 Å². The summed E-state index contributed by atoms with van der Waals surface area (Å²) in [5.41, 5.74) is -0.227. The molecular formula is C22H23ClFN5O4.